The summed E-state index contributed by atoms with van der Waals surface area (Å²) in [7, 11) is 5.26. The van der Waals surface area contributed by atoms with Crippen molar-refractivity contribution < 1.29 is 14.2 Å². The first-order valence-electron chi connectivity index (χ1n) is 5.69. The van der Waals surface area contributed by atoms with Gasteiger partial charge in [-0.1, -0.05) is 12.1 Å². The molecule has 0 spiro atoms. The lowest BCUT2D eigenvalue weighted by atomic mass is 10.1. The van der Waals surface area contributed by atoms with Gasteiger partial charge in [0.25, 0.3) is 0 Å². The first-order chi connectivity index (χ1) is 8.31. The number of benzene rings is 1. The van der Waals surface area contributed by atoms with Gasteiger partial charge in [-0.05, 0) is 24.7 Å². The van der Waals surface area contributed by atoms with Crippen LogP contribution in [0.15, 0.2) is 24.3 Å². The predicted octanol–water partition coefficient (Wildman–Crippen LogP) is 1.62. The number of ether oxygens (including phenoxy) is 3. The Kier molecular flexibility index (Phi) is 6.62. The third-order valence-corrected chi connectivity index (χ3v) is 2.58. The van der Waals surface area contributed by atoms with E-state index in [0.29, 0.717) is 19.8 Å². The Balaban J connectivity index is 2.47. The highest BCUT2D eigenvalue weighted by Gasteiger charge is 2.09. The molecule has 0 aliphatic rings. The van der Waals surface area contributed by atoms with E-state index in [-0.39, 0.29) is 6.04 Å². The Morgan fingerprint density at radius 1 is 1.12 bits per heavy atom. The molecule has 1 aromatic rings. The normalized spacial score (nSPS) is 12.4. The maximum absolute atomic E-state index is 5.52. The van der Waals surface area contributed by atoms with Crippen LogP contribution in [0.4, 0.5) is 0 Å². The Labute approximate surface area is 103 Å². The Morgan fingerprint density at radius 3 is 2.35 bits per heavy atom. The zero-order valence-corrected chi connectivity index (χ0v) is 10.7. The molecule has 0 aliphatic heterocycles. The zero-order chi connectivity index (χ0) is 12.5. The molecule has 0 heterocycles. The molecule has 17 heavy (non-hydrogen) atoms. The summed E-state index contributed by atoms with van der Waals surface area (Å²) in [5.41, 5.74) is 1.19. The lowest BCUT2D eigenvalue weighted by Gasteiger charge is -2.17. The molecule has 1 unspecified atom stereocenters. The molecule has 0 saturated heterocycles. The van der Waals surface area contributed by atoms with Crippen molar-refractivity contribution in [1.82, 2.24) is 5.32 Å². The van der Waals surface area contributed by atoms with E-state index in [1.54, 1.807) is 14.2 Å². The molecule has 0 radical (unpaired) electrons. The van der Waals surface area contributed by atoms with Crippen molar-refractivity contribution in [1.29, 1.82) is 0 Å². The number of nitrogens with one attached hydrogen (secondary N) is 1. The van der Waals surface area contributed by atoms with Crippen molar-refractivity contribution >= 4 is 0 Å². The van der Waals surface area contributed by atoms with Gasteiger partial charge in [0.15, 0.2) is 0 Å². The molecule has 96 valence electrons. The van der Waals surface area contributed by atoms with Gasteiger partial charge in [-0.25, -0.2) is 0 Å². The van der Waals surface area contributed by atoms with Crippen LogP contribution in [-0.2, 0) is 9.47 Å². The van der Waals surface area contributed by atoms with E-state index >= 15 is 0 Å². The predicted molar refractivity (Wildman–Crippen MR) is 67.5 cm³/mol. The highest BCUT2D eigenvalue weighted by Crippen LogP contribution is 2.17. The Hall–Kier alpha value is -1.10. The molecule has 0 fully saturated rings. The third-order valence-electron chi connectivity index (χ3n) is 2.58. The number of likely N-dealkylation sites (N-methyl/N-ethyl adjacent to an activating group) is 1. The summed E-state index contributed by atoms with van der Waals surface area (Å²) in [6.07, 6.45) is 0. The van der Waals surface area contributed by atoms with Crippen LogP contribution in [0.3, 0.4) is 0 Å². The monoisotopic (exact) mass is 239 g/mol. The van der Waals surface area contributed by atoms with E-state index in [1.807, 2.05) is 31.3 Å². The van der Waals surface area contributed by atoms with Crippen LogP contribution < -0.4 is 10.1 Å². The van der Waals surface area contributed by atoms with Gasteiger partial charge in [0.2, 0.25) is 0 Å². The highest BCUT2D eigenvalue weighted by molar-refractivity contribution is 5.29. The molecular formula is C13H21NO3. The SMILES string of the molecule is CNC(COCCOC)c1ccc(OC)cc1. The highest BCUT2D eigenvalue weighted by atomic mass is 16.5. The van der Waals surface area contributed by atoms with Crippen LogP contribution in [0, 0.1) is 0 Å². The van der Waals surface area contributed by atoms with Crippen LogP contribution in [0.25, 0.3) is 0 Å². The summed E-state index contributed by atoms with van der Waals surface area (Å²) in [4.78, 5) is 0. The average molecular weight is 239 g/mol. The zero-order valence-electron chi connectivity index (χ0n) is 10.7. The van der Waals surface area contributed by atoms with Gasteiger partial charge in [-0.3, -0.25) is 0 Å². The topological polar surface area (TPSA) is 39.7 Å². The minimum Gasteiger partial charge on any atom is -0.497 e. The molecule has 0 aliphatic carbocycles. The van der Waals surface area contributed by atoms with E-state index in [9.17, 15) is 0 Å². The van der Waals surface area contributed by atoms with Gasteiger partial charge in [-0.15, -0.1) is 0 Å². The molecular weight excluding hydrogens is 218 g/mol. The van der Waals surface area contributed by atoms with Gasteiger partial charge < -0.3 is 19.5 Å². The summed E-state index contributed by atoms with van der Waals surface area (Å²) in [6.45, 7) is 1.87. The van der Waals surface area contributed by atoms with Crippen LogP contribution in [0.2, 0.25) is 0 Å². The molecule has 0 bridgehead atoms. The lowest BCUT2D eigenvalue weighted by Crippen LogP contribution is -2.22. The molecule has 1 aromatic carbocycles. The molecule has 1 N–H and O–H groups in total. The molecule has 0 amide bonds. The summed E-state index contributed by atoms with van der Waals surface area (Å²) in [6, 6.07) is 8.18. The van der Waals surface area contributed by atoms with Gasteiger partial charge in [-0.2, -0.15) is 0 Å². The summed E-state index contributed by atoms with van der Waals surface area (Å²) in [5.74, 6) is 0.865. The smallest absolute Gasteiger partial charge is 0.118 e. The van der Waals surface area contributed by atoms with E-state index in [1.165, 1.54) is 5.56 Å². The minimum atomic E-state index is 0.192. The van der Waals surface area contributed by atoms with Crippen molar-refractivity contribution in [2.24, 2.45) is 0 Å². The molecule has 0 aromatic heterocycles. The number of methoxy groups -OCH3 is 2. The van der Waals surface area contributed by atoms with Crippen molar-refractivity contribution in [3.05, 3.63) is 29.8 Å². The summed E-state index contributed by atoms with van der Waals surface area (Å²) in [5, 5.41) is 3.23. The van der Waals surface area contributed by atoms with Crippen LogP contribution in [0.1, 0.15) is 11.6 Å². The van der Waals surface area contributed by atoms with Crippen LogP contribution >= 0.6 is 0 Å². The van der Waals surface area contributed by atoms with Crippen molar-refractivity contribution in [2.75, 3.05) is 41.1 Å². The summed E-state index contributed by atoms with van der Waals surface area (Å²) < 4.78 is 15.6. The number of hydrogen-bond donors (Lipinski definition) is 1. The first-order valence-corrected chi connectivity index (χ1v) is 5.69. The fourth-order valence-electron chi connectivity index (χ4n) is 1.53. The lowest BCUT2D eigenvalue weighted by molar-refractivity contribution is 0.0596. The quantitative estimate of drug-likeness (QED) is 0.700. The van der Waals surface area contributed by atoms with Gasteiger partial charge >= 0.3 is 0 Å². The maximum Gasteiger partial charge on any atom is 0.118 e. The molecule has 4 heteroatoms. The van der Waals surface area contributed by atoms with Gasteiger partial charge in [0.1, 0.15) is 5.75 Å². The Bertz CT molecular complexity index is 300. The first kappa shape index (κ1) is 14.0. The standard InChI is InChI=1S/C13H21NO3/c1-14-13(10-17-9-8-15-2)11-4-6-12(16-3)7-5-11/h4-7,13-14H,8-10H2,1-3H3. The van der Waals surface area contributed by atoms with Gasteiger partial charge in [0, 0.05) is 7.11 Å². The minimum absolute atomic E-state index is 0.192. The van der Waals surface area contributed by atoms with E-state index < -0.39 is 0 Å². The third kappa shape index (κ3) is 4.73. The second-order valence-electron chi connectivity index (χ2n) is 3.68. The molecule has 1 rings (SSSR count). The average Bonchev–Trinajstić information content (AvgIpc) is 2.39. The maximum atomic E-state index is 5.52. The van der Waals surface area contributed by atoms with Crippen LogP contribution in [0.5, 0.6) is 5.75 Å². The fraction of sp³-hybridized carbons (Fsp3) is 0.538. The second kappa shape index (κ2) is 8.06. The molecule has 0 saturated carbocycles. The van der Waals surface area contributed by atoms with Crippen LogP contribution in [-0.4, -0.2) is 41.1 Å². The van der Waals surface area contributed by atoms with Crippen molar-refractivity contribution in [2.45, 2.75) is 6.04 Å². The van der Waals surface area contributed by atoms with Crippen molar-refractivity contribution in [3.63, 3.8) is 0 Å². The number of rotatable bonds is 8. The molecule has 4 nitrogen and oxygen atoms in total. The second-order valence-corrected chi connectivity index (χ2v) is 3.68. The Morgan fingerprint density at radius 2 is 1.82 bits per heavy atom. The summed E-state index contributed by atoms with van der Waals surface area (Å²) >= 11 is 0. The van der Waals surface area contributed by atoms with E-state index in [0.717, 1.165) is 5.75 Å². The molecule has 1 atom stereocenters. The van der Waals surface area contributed by atoms with E-state index in [2.05, 4.69) is 5.32 Å². The fourth-order valence-corrected chi connectivity index (χ4v) is 1.53. The number of hydrogen-bond acceptors (Lipinski definition) is 4. The van der Waals surface area contributed by atoms with Gasteiger partial charge in [0.05, 0.1) is 33.0 Å². The van der Waals surface area contributed by atoms with Crippen molar-refractivity contribution in [3.8, 4) is 5.75 Å². The van der Waals surface area contributed by atoms with E-state index in [4.69, 9.17) is 14.2 Å². The largest absolute Gasteiger partial charge is 0.497 e.